The van der Waals surface area contributed by atoms with Crippen LogP contribution in [0.3, 0.4) is 0 Å². The minimum absolute atomic E-state index is 0.150. The molecule has 11 nitrogen and oxygen atoms in total. The Morgan fingerprint density at radius 3 is 2.59 bits per heavy atom. The Morgan fingerprint density at radius 1 is 1.41 bits per heavy atom. The first-order chi connectivity index (χ1) is 12.7. The summed E-state index contributed by atoms with van der Waals surface area (Å²) in [5, 5.41) is 22.3. The molecule has 146 valence electrons. The van der Waals surface area contributed by atoms with E-state index in [0.717, 1.165) is 16.7 Å². The number of β-lactam (4-membered cyclic amide) rings is 1. The number of ketones is 1. The number of carboxylic acid groups (broad SMARTS) is 1. The average molecular weight is 420 g/mol. The lowest BCUT2D eigenvalue weighted by atomic mass is 10.0. The second-order valence-corrected chi connectivity index (χ2v) is 6.78. The van der Waals surface area contributed by atoms with Gasteiger partial charge in [0.1, 0.15) is 23.7 Å². The molecule has 3 N–H and O–H groups in total. The summed E-state index contributed by atoms with van der Waals surface area (Å²) in [6.45, 7) is 0.894. The van der Waals surface area contributed by atoms with Crippen LogP contribution >= 0.6 is 23.4 Å². The third-order valence-corrected chi connectivity index (χ3v) is 5.27. The van der Waals surface area contributed by atoms with Crippen LogP contribution in [0.2, 0.25) is 0 Å². The van der Waals surface area contributed by atoms with Gasteiger partial charge in [0.25, 0.3) is 11.8 Å². The van der Waals surface area contributed by atoms with Crippen molar-refractivity contribution in [3.8, 4) is 0 Å². The zero-order chi connectivity index (χ0) is 20.3. The Hall–Kier alpha value is -2.60. The highest BCUT2D eigenvalue weighted by atomic mass is 35.5. The first-order valence-corrected chi connectivity index (χ1v) is 8.96. The maximum absolute atomic E-state index is 12.4. The number of hydrogen-bond donors (Lipinski definition) is 3. The van der Waals surface area contributed by atoms with Gasteiger partial charge in [-0.3, -0.25) is 24.1 Å². The molecule has 0 aliphatic carbocycles. The number of halogens is 1. The molecule has 0 spiro atoms. The van der Waals surface area contributed by atoms with Gasteiger partial charge in [0.05, 0.1) is 5.88 Å². The molecule has 2 amide bonds. The molecule has 0 saturated carbocycles. The maximum atomic E-state index is 12.4. The molecular weight excluding hydrogens is 406 g/mol. The van der Waals surface area contributed by atoms with Crippen molar-refractivity contribution in [3.05, 3.63) is 11.3 Å². The number of nitrogens with zero attached hydrogens (tertiary/aromatic N) is 2. The Kier molecular flexibility index (Phi) is 6.44. The summed E-state index contributed by atoms with van der Waals surface area (Å²) in [4.78, 5) is 59.3. The summed E-state index contributed by atoms with van der Waals surface area (Å²) >= 11 is 6.45. The number of fused-ring (bicyclic) bond motifs is 1. The van der Waals surface area contributed by atoms with Crippen molar-refractivity contribution in [3.63, 3.8) is 0 Å². The van der Waals surface area contributed by atoms with Crippen LogP contribution in [0.25, 0.3) is 0 Å². The minimum atomic E-state index is -1.38. The highest BCUT2D eigenvalue weighted by molar-refractivity contribution is 8.00. The van der Waals surface area contributed by atoms with Crippen LogP contribution in [0, 0.1) is 0 Å². The van der Waals surface area contributed by atoms with Crippen LogP contribution in [-0.4, -0.2) is 80.1 Å². The molecule has 13 heteroatoms. The molecule has 1 saturated heterocycles. The smallest absolute Gasteiger partial charge is 0.352 e. The summed E-state index contributed by atoms with van der Waals surface area (Å²) < 4.78 is 4.81. The standard InChI is InChI=1S/C14H14ClN3O8S/c1-5(19)26-3-6-4-27-13-9(12(22)18(13)10(6)14(23)24)16-11(21)8(17-25)7(20)2-15/h9,13,25H,2-4H2,1H3,(H,16,21)(H,23,24)/b17-8-/t9?,13-/m1/s1. The lowest BCUT2D eigenvalue weighted by Gasteiger charge is -2.49. The predicted octanol–water partition coefficient (Wildman–Crippen LogP) is -1.07. The zero-order valence-electron chi connectivity index (χ0n) is 13.8. The monoisotopic (exact) mass is 419 g/mol. The van der Waals surface area contributed by atoms with Crippen molar-refractivity contribution < 1.29 is 39.0 Å². The number of esters is 1. The molecule has 2 rings (SSSR count). The number of nitrogens with one attached hydrogen (secondary N) is 1. The topological polar surface area (TPSA) is 163 Å². The van der Waals surface area contributed by atoms with Gasteiger partial charge in [-0.1, -0.05) is 5.16 Å². The molecule has 2 aliphatic rings. The van der Waals surface area contributed by atoms with Gasteiger partial charge < -0.3 is 20.4 Å². The number of carbonyl (C=O) groups is 5. The van der Waals surface area contributed by atoms with Crippen molar-refractivity contribution in [2.75, 3.05) is 18.2 Å². The van der Waals surface area contributed by atoms with Crippen molar-refractivity contribution in [2.24, 2.45) is 5.16 Å². The summed E-state index contributed by atoms with van der Waals surface area (Å²) in [5.74, 6) is -5.19. The second-order valence-electron chi connectivity index (χ2n) is 5.40. The van der Waals surface area contributed by atoms with Gasteiger partial charge in [-0.25, -0.2) is 4.79 Å². The van der Waals surface area contributed by atoms with Crippen LogP contribution in [0.4, 0.5) is 0 Å². The quantitative estimate of drug-likeness (QED) is 0.0886. The Bertz CT molecular complexity index is 780. The molecule has 27 heavy (non-hydrogen) atoms. The number of alkyl halides is 1. The van der Waals surface area contributed by atoms with Crippen LogP contribution in [-0.2, 0) is 28.7 Å². The van der Waals surface area contributed by atoms with Crippen molar-refractivity contribution >= 4 is 58.6 Å². The number of aliphatic carboxylic acids is 1. The SMILES string of the molecule is CC(=O)OCC1=C(C(=O)O)N2C(=O)C(NC(=O)/C(=N\O)C(=O)CCl)[C@H]2SC1. The summed E-state index contributed by atoms with van der Waals surface area (Å²) in [6, 6.07) is -1.12. The average Bonchev–Trinajstić information content (AvgIpc) is 2.63. The van der Waals surface area contributed by atoms with E-state index in [2.05, 4.69) is 10.5 Å². The predicted molar refractivity (Wildman–Crippen MR) is 91.3 cm³/mol. The molecule has 0 aromatic heterocycles. The normalized spacial score (nSPS) is 21.9. The molecule has 2 atom stereocenters. The van der Waals surface area contributed by atoms with E-state index in [1.807, 2.05) is 0 Å². The van der Waals surface area contributed by atoms with E-state index in [1.54, 1.807) is 0 Å². The number of carbonyl (C=O) groups excluding carboxylic acids is 4. The van der Waals surface area contributed by atoms with Gasteiger partial charge >= 0.3 is 11.9 Å². The minimum Gasteiger partial charge on any atom is -0.477 e. The second kappa shape index (κ2) is 8.39. The van der Waals surface area contributed by atoms with E-state index in [4.69, 9.17) is 21.5 Å². The Morgan fingerprint density at radius 2 is 2.07 bits per heavy atom. The van der Waals surface area contributed by atoms with E-state index in [9.17, 15) is 29.1 Å². The van der Waals surface area contributed by atoms with Crippen LogP contribution < -0.4 is 5.32 Å². The molecule has 0 aromatic carbocycles. The number of oxime groups is 1. The summed E-state index contributed by atoms with van der Waals surface area (Å²) in [6.07, 6.45) is 0. The van der Waals surface area contributed by atoms with Gasteiger partial charge in [0.15, 0.2) is 0 Å². The molecule has 0 bridgehead atoms. The van der Waals surface area contributed by atoms with Gasteiger partial charge in [0, 0.05) is 18.2 Å². The first-order valence-electron chi connectivity index (χ1n) is 7.38. The van der Waals surface area contributed by atoms with E-state index in [0.29, 0.717) is 0 Å². The van der Waals surface area contributed by atoms with E-state index >= 15 is 0 Å². The van der Waals surface area contributed by atoms with Gasteiger partial charge in [0.2, 0.25) is 11.5 Å². The summed E-state index contributed by atoms with van der Waals surface area (Å²) in [5.41, 5.74) is -0.933. The molecular formula is C14H14ClN3O8S. The number of amides is 2. The lowest BCUT2D eigenvalue weighted by molar-refractivity contribution is -0.150. The van der Waals surface area contributed by atoms with Crippen molar-refractivity contribution in [1.82, 2.24) is 10.2 Å². The number of carboxylic acids is 1. The summed E-state index contributed by atoms with van der Waals surface area (Å²) in [7, 11) is 0. The van der Waals surface area contributed by atoms with E-state index in [1.165, 1.54) is 6.92 Å². The third kappa shape index (κ3) is 4.06. The van der Waals surface area contributed by atoms with E-state index < -0.39 is 52.5 Å². The number of rotatable bonds is 7. The molecule has 2 heterocycles. The third-order valence-electron chi connectivity index (χ3n) is 3.69. The number of ether oxygens (including phenoxy) is 1. The molecule has 1 unspecified atom stereocenters. The van der Waals surface area contributed by atoms with E-state index in [-0.39, 0.29) is 23.6 Å². The molecule has 2 aliphatic heterocycles. The van der Waals surface area contributed by atoms with Gasteiger partial charge in [-0.05, 0) is 0 Å². The lowest BCUT2D eigenvalue weighted by Crippen LogP contribution is -2.71. The highest BCUT2D eigenvalue weighted by Gasteiger charge is 2.54. The number of Topliss-reactive ketones (excluding diaryl/α,β-unsaturated/α-hetero) is 1. The van der Waals surface area contributed by atoms with Gasteiger partial charge in [-0.15, -0.1) is 23.4 Å². The fourth-order valence-corrected chi connectivity index (χ4v) is 3.94. The molecule has 0 aromatic rings. The van der Waals surface area contributed by atoms with Crippen molar-refractivity contribution in [2.45, 2.75) is 18.3 Å². The number of hydrogen-bond acceptors (Lipinski definition) is 9. The first kappa shape index (κ1) is 20.7. The number of thioether (sulfide) groups is 1. The fraction of sp³-hybridized carbons (Fsp3) is 0.429. The van der Waals surface area contributed by atoms with Crippen molar-refractivity contribution in [1.29, 1.82) is 0 Å². The Labute approximate surface area is 161 Å². The maximum Gasteiger partial charge on any atom is 0.352 e. The highest BCUT2D eigenvalue weighted by Crippen LogP contribution is 2.40. The molecule has 0 radical (unpaired) electrons. The van der Waals surface area contributed by atoms with Crippen LogP contribution in [0.15, 0.2) is 16.4 Å². The molecule has 1 fully saturated rings. The van der Waals surface area contributed by atoms with Gasteiger partial charge in [-0.2, -0.15) is 0 Å². The van der Waals surface area contributed by atoms with Crippen LogP contribution in [0.1, 0.15) is 6.92 Å². The fourth-order valence-electron chi connectivity index (χ4n) is 2.48. The van der Waals surface area contributed by atoms with Crippen LogP contribution in [0.5, 0.6) is 0 Å². The zero-order valence-corrected chi connectivity index (χ0v) is 15.4. The Balaban J connectivity index is 2.17. The largest absolute Gasteiger partial charge is 0.477 e.